The first-order chi connectivity index (χ1) is 16.1. The molecule has 1 aromatic carbocycles. The second-order valence-electron chi connectivity index (χ2n) is 9.64. The summed E-state index contributed by atoms with van der Waals surface area (Å²) in [6.07, 6.45) is 3.82. The van der Waals surface area contributed by atoms with Gasteiger partial charge >= 0.3 is 6.09 Å². The predicted octanol–water partition coefficient (Wildman–Crippen LogP) is 4.65. The molecule has 2 aromatic heterocycles. The van der Waals surface area contributed by atoms with Crippen molar-refractivity contribution >= 4 is 25.9 Å². The maximum Gasteiger partial charge on any atom is 0.407 e. The number of ether oxygens (including phenoxy) is 1. The molecule has 1 amide bonds. The number of phenolic OH excluding ortho intramolecular Hbond substituents is 1. The van der Waals surface area contributed by atoms with Crippen LogP contribution in [-0.4, -0.2) is 60.4 Å². The number of nitrogens with one attached hydrogen (secondary N) is 2. The number of alkyl carbamates (subject to hydrolysis) is 1. The standard InChI is InChI=1S/C24H35N5O4Si/c1-24(2,3)34(4,5)33-14-7-11-26-23(31)32-15-12-25-21-10-13-29-22(28-21)20(17-27-29)18-8-6-9-19(30)16-18/h6,8-10,13,16-17,30H,7,11-12,14-15H2,1-5H3,(H,25,28)(H,26,31). The fourth-order valence-corrected chi connectivity index (χ4v) is 4.11. The molecule has 9 nitrogen and oxygen atoms in total. The Hall–Kier alpha value is -3.11. The first kappa shape index (κ1) is 25.5. The molecule has 184 valence electrons. The minimum atomic E-state index is -1.75. The largest absolute Gasteiger partial charge is 0.508 e. The molecular weight excluding hydrogens is 450 g/mol. The molecule has 0 fully saturated rings. The Morgan fingerprint density at radius 3 is 2.71 bits per heavy atom. The highest BCUT2D eigenvalue weighted by atomic mass is 28.4. The van der Waals surface area contributed by atoms with E-state index in [0.717, 1.165) is 17.5 Å². The summed E-state index contributed by atoms with van der Waals surface area (Å²) in [4.78, 5) is 16.5. The maximum absolute atomic E-state index is 11.9. The van der Waals surface area contributed by atoms with Gasteiger partial charge in [0.25, 0.3) is 0 Å². The molecule has 0 spiro atoms. The number of carbonyl (C=O) groups excluding carboxylic acids is 1. The van der Waals surface area contributed by atoms with Crippen LogP contribution in [0.1, 0.15) is 27.2 Å². The Balaban J connectivity index is 1.40. The molecule has 3 N–H and O–H groups in total. The first-order valence-electron chi connectivity index (χ1n) is 11.5. The van der Waals surface area contributed by atoms with Crippen LogP contribution in [0.3, 0.4) is 0 Å². The van der Waals surface area contributed by atoms with Crippen molar-refractivity contribution in [1.82, 2.24) is 19.9 Å². The summed E-state index contributed by atoms with van der Waals surface area (Å²) in [5.41, 5.74) is 2.30. The van der Waals surface area contributed by atoms with Crippen molar-refractivity contribution in [2.45, 2.75) is 45.3 Å². The van der Waals surface area contributed by atoms with E-state index in [9.17, 15) is 9.90 Å². The highest BCUT2D eigenvalue weighted by Gasteiger charge is 2.36. The van der Waals surface area contributed by atoms with E-state index in [1.54, 1.807) is 41.2 Å². The fourth-order valence-electron chi connectivity index (χ4n) is 3.02. The van der Waals surface area contributed by atoms with Crippen molar-refractivity contribution in [3.05, 3.63) is 42.7 Å². The Bertz CT molecular complexity index is 1110. The molecule has 0 saturated carbocycles. The van der Waals surface area contributed by atoms with E-state index in [0.29, 0.717) is 31.2 Å². The minimum absolute atomic E-state index is 0.176. The molecule has 3 rings (SSSR count). The van der Waals surface area contributed by atoms with E-state index < -0.39 is 14.4 Å². The number of rotatable bonds is 10. The van der Waals surface area contributed by atoms with Crippen LogP contribution in [-0.2, 0) is 9.16 Å². The quantitative estimate of drug-likeness (QED) is 0.283. The molecule has 0 unspecified atom stereocenters. The number of amides is 1. The monoisotopic (exact) mass is 485 g/mol. The van der Waals surface area contributed by atoms with Crippen molar-refractivity contribution in [1.29, 1.82) is 0 Å². The Morgan fingerprint density at radius 2 is 1.97 bits per heavy atom. The summed E-state index contributed by atoms with van der Waals surface area (Å²) in [7, 11) is -1.75. The number of hydrogen-bond donors (Lipinski definition) is 3. The van der Waals surface area contributed by atoms with Gasteiger partial charge in [-0.3, -0.25) is 0 Å². The van der Waals surface area contributed by atoms with E-state index in [2.05, 4.69) is 54.6 Å². The van der Waals surface area contributed by atoms with E-state index in [1.165, 1.54) is 0 Å². The number of benzene rings is 1. The van der Waals surface area contributed by atoms with Gasteiger partial charge in [-0.25, -0.2) is 14.3 Å². The molecule has 0 aliphatic heterocycles. The number of anilines is 1. The average Bonchev–Trinajstić information content (AvgIpc) is 3.19. The van der Waals surface area contributed by atoms with Gasteiger partial charge in [-0.1, -0.05) is 32.9 Å². The third-order valence-corrected chi connectivity index (χ3v) is 10.6. The molecule has 10 heteroatoms. The number of hydrogen-bond acceptors (Lipinski definition) is 7. The molecule has 0 saturated heterocycles. The lowest BCUT2D eigenvalue weighted by Crippen LogP contribution is -2.41. The molecule has 3 aromatic rings. The lowest BCUT2D eigenvalue weighted by molar-refractivity contribution is 0.149. The molecule has 34 heavy (non-hydrogen) atoms. The number of fused-ring (bicyclic) bond motifs is 1. The third kappa shape index (κ3) is 6.70. The summed E-state index contributed by atoms with van der Waals surface area (Å²) < 4.78 is 13.0. The van der Waals surface area contributed by atoms with E-state index >= 15 is 0 Å². The summed E-state index contributed by atoms with van der Waals surface area (Å²) in [6, 6.07) is 8.76. The first-order valence-corrected chi connectivity index (χ1v) is 14.4. The highest BCUT2D eigenvalue weighted by Crippen LogP contribution is 2.36. The van der Waals surface area contributed by atoms with E-state index in [4.69, 9.17) is 9.16 Å². The summed E-state index contributed by atoms with van der Waals surface area (Å²) in [5.74, 6) is 0.825. The summed E-state index contributed by atoms with van der Waals surface area (Å²) in [5, 5.41) is 20.2. The minimum Gasteiger partial charge on any atom is -0.508 e. The van der Waals surface area contributed by atoms with E-state index in [-0.39, 0.29) is 17.4 Å². The van der Waals surface area contributed by atoms with Gasteiger partial charge in [-0.05, 0) is 48.3 Å². The van der Waals surface area contributed by atoms with Crippen molar-refractivity contribution in [3.8, 4) is 16.9 Å². The smallest absolute Gasteiger partial charge is 0.407 e. The molecular formula is C24H35N5O4Si. The Morgan fingerprint density at radius 1 is 1.18 bits per heavy atom. The van der Waals surface area contributed by atoms with Crippen LogP contribution < -0.4 is 10.6 Å². The second kappa shape index (κ2) is 10.9. The van der Waals surface area contributed by atoms with Crippen LogP contribution in [0.4, 0.5) is 10.6 Å². The normalized spacial score (nSPS) is 12.0. The van der Waals surface area contributed by atoms with Gasteiger partial charge in [0.15, 0.2) is 14.0 Å². The molecule has 0 radical (unpaired) electrons. The topological polar surface area (TPSA) is 110 Å². The number of aromatic nitrogens is 3. The fraction of sp³-hybridized carbons (Fsp3) is 0.458. The SMILES string of the molecule is CC(C)(C)[Si](C)(C)OCCCNC(=O)OCCNc1ccn2ncc(-c3cccc(O)c3)c2n1. The van der Waals surface area contributed by atoms with E-state index in [1.807, 2.05) is 6.07 Å². The van der Waals surface area contributed by atoms with Gasteiger partial charge in [-0.2, -0.15) is 5.10 Å². The van der Waals surface area contributed by atoms with Gasteiger partial charge in [-0.15, -0.1) is 0 Å². The third-order valence-electron chi connectivity index (χ3n) is 6.03. The van der Waals surface area contributed by atoms with Crippen molar-refractivity contribution in [2.24, 2.45) is 0 Å². The number of aromatic hydroxyl groups is 1. The second-order valence-corrected chi connectivity index (χ2v) is 14.5. The number of phenols is 1. The number of nitrogens with zero attached hydrogens (tertiary/aromatic N) is 3. The lowest BCUT2D eigenvalue weighted by Gasteiger charge is -2.36. The average molecular weight is 486 g/mol. The van der Waals surface area contributed by atoms with Crippen LogP contribution in [0.15, 0.2) is 42.7 Å². The zero-order valence-electron chi connectivity index (χ0n) is 20.6. The van der Waals surface area contributed by atoms with Gasteiger partial charge in [0.2, 0.25) is 0 Å². The molecule has 2 heterocycles. The van der Waals surface area contributed by atoms with Crippen LogP contribution in [0, 0.1) is 0 Å². The van der Waals surface area contributed by atoms with Crippen molar-refractivity contribution in [2.75, 3.05) is 31.6 Å². The molecule has 0 bridgehead atoms. The summed E-state index contributed by atoms with van der Waals surface area (Å²) >= 11 is 0. The van der Waals surface area contributed by atoms with Crippen LogP contribution in [0.2, 0.25) is 18.1 Å². The van der Waals surface area contributed by atoms with Crippen LogP contribution >= 0.6 is 0 Å². The molecule has 0 aliphatic carbocycles. The Labute approximate surface area is 201 Å². The Kier molecular flexibility index (Phi) is 8.16. The lowest BCUT2D eigenvalue weighted by atomic mass is 10.1. The summed E-state index contributed by atoms with van der Waals surface area (Å²) in [6.45, 7) is 12.8. The van der Waals surface area contributed by atoms with Gasteiger partial charge in [0.1, 0.15) is 18.2 Å². The molecule has 0 aliphatic rings. The van der Waals surface area contributed by atoms with Gasteiger partial charge < -0.3 is 24.9 Å². The van der Waals surface area contributed by atoms with Crippen LogP contribution in [0.25, 0.3) is 16.8 Å². The molecule has 0 atom stereocenters. The van der Waals surface area contributed by atoms with Crippen molar-refractivity contribution < 1.29 is 19.1 Å². The van der Waals surface area contributed by atoms with Gasteiger partial charge in [0, 0.05) is 24.9 Å². The zero-order valence-corrected chi connectivity index (χ0v) is 21.6. The van der Waals surface area contributed by atoms with Crippen molar-refractivity contribution in [3.63, 3.8) is 0 Å². The van der Waals surface area contributed by atoms with Gasteiger partial charge in [0.05, 0.1) is 12.7 Å². The number of carbonyl (C=O) groups is 1. The predicted molar refractivity (Wildman–Crippen MR) is 136 cm³/mol. The zero-order chi connectivity index (χ0) is 24.8. The highest BCUT2D eigenvalue weighted by molar-refractivity contribution is 6.74. The van der Waals surface area contributed by atoms with Crippen LogP contribution in [0.5, 0.6) is 5.75 Å². The maximum atomic E-state index is 11.9.